The van der Waals surface area contributed by atoms with Gasteiger partial charge in [-0.05, 0) is 48.6 Å². The molecule has 2 aromatic heterocycles. The lowest BCUT2D eigenvalue weighted by Crippen LogP contribution is -2.47. The molecule has 1 saturated heterocycles. The summed E-state index contributed by atoms with van der Waals surface area (Å²) in [7, 11) is 0. The van der Waals surface area contributed by atoms with Crippen LogP contribution in [0.3, 0.4) is 0 Å². The second-order valence-corrected chi connectivity index (χ2v) is 8.93. The van der Waals surface area contributed by atoms with Crippen molar-refractivity contribution in [3.63, 3.8) is 0 Å². The Labute approximate surface area is 181 Å². The summed E-state index contributed by atoms with van der Waals surface area (Å²) in [6, 6.07) is 10.8. The summed E-state index contributed by atoms with van der Waals surface area (Å²) >= 11 is 0. The first-order valence-electron chi connectivity index (χ1n) is 11.2. The molecule has 6 heteroatoms. The topological polar surface area (TPSA) is 46.8 Å². The van der Waals surface area contributed by atoms with Crippen LogP contribution in [0.2, 0.25) is 0 Å². The van der Waals surface area contributed by atoms with Crippen LogP contribution in [0.15, 0.2) is 55.0 Å². The van der Waals surface area contributed by atoms with Crippen molar-refractivity contribution < 1.29 is 13.9 Å². The standard InChI is InChI=1S/C25H28FN3O2/c26-22-5-3-4-21(15-22)25(8-1-2-9-25)24(30)29-12-13-31-18-20(17-29)14-19-6-7-23-27-10-11-28(23)16-19/h3-7,10-11,15-16,20H,1-2,8-9,12-14,17-18H2/t20-/m1/s1. The number of pyridine rings is 1. The third-order valence-corrected chi connectivity index (χ3v) is 6.84. The largest absolute Gasteiger partial charge is 0.379 e. The summed E-state index contributed by atoms with van der Waals surface area (Å²) < 4.78 is 21.9. The SMILES string of the molecule is O=C(N1CCOC[C@H](Cc2ccc3nccn3c2)C1)C1(c2cccc(F)c2)CCCC1. The molecule has 162 valence electrons. The fraction of sp³-hybridized carbons (Fsp3) is 0.440. The number of rotatable bonds is 4. The van der Waals surface area contributed by atoms with E-state index >= 15 is 0 Å². The Morgan fingerprint density at radius 3 is 2.94 bits per heavy atom. The highest BCUT2D eigenvalue weighted by Crippen LogP contribution is 2.43. The van der Waals surface area contributed by atoms with Gasteiger partial charge in [0, 0.05) is 37.6 Å². The van der Waals surface area contributed by atoms with Crippen molar-refractivity contribution in [2.75, 3.05) is 26.3 Å². The molecule has 1 aliphatic heterocycles. The van der Waals surface area contributed by atoms with Crippen LogP contribution in [0.4, 0.5) is 4.39 Å². The molecule has 1 saturated carbocycles. The number of carbonyl (C=O) groups is 1. The van der Waals surface area contributed by atoms with Crippen molar-refractivity contribution in [3.8, 4) is 0 Å². The van der Waals surface area contributed by atoms with E-state index in [4.69, 9.17) is 4.74 Å². The van der Waals surface area contributed by atoms with Crippen LogP contribution in [0.5, 0.6) is 0 Å². The molecule has 0 unspecified atom stereocenters. The molecule has 0 bridgehead atoms. The first kappa shape index (κ1) is 20.2. The smallest absolute Gasteiger partial charge is 0.233 e. The van der Waals surface area contributed by atoms with Crippen LogP contribution in [0, 0.1) is 11.7 Å². The van der Waals surface area contributed by atoms with Gasteiger partial charge in [-0.3, -0.25) is 4.79 Å². The number of carbonyl (C=O) groups excluding carboxylic acids is 1. The molecule has 1 amide bonds. The predicted molar refractivity (Wildman–Crippen MR) is 116 cm³/mol. The van der Waals surface area contributed by atoms with Gasteiger partial charge in [-0.1, -0.05) is 31.0 Å². The average molecular weight is 422 g/mol. The lowest BCUT2D eigenvalue weighted by Gasteiger charge is -2.35. The second kappa shape index (κ2) is 8.42. The van der Waals surface area contributed by atoms with E-state index in [1.165, 1.54) is 11.6 Å². The van der Waals surface area contributed by atoms with Crippen molar-refractivity contribution in [2.24, 2.45) is 5.92 Å². The normalized spacial score (nSPS) is 21.3. The summed E-state index contributed by atoms with van der Waals surface area (Å²) in [4.78, 5) is 20.1. The highest BCUT2D eigenvalue weighted by Gasteiger charge is 2.45. The molecule has 3 aromatic rings. The molecule has 2 fully saturated rings. The molecular formula is C25H28FN3O2. The molecule has 31 heavy (non-hydrogen) atoms. The van der Waals surface area contributed by atoms with E-state index in [1.807, 2.05) is 27.6 Å². The number of halogens is 1. The van der Waals surface area contributed by atoms with Gasteiger partial charge in [0.05, 0.1) is 18.6 Å². The summed E-state index contributed by atoms with van der Waals surface area (Å²) in [5, 5.41) is 0. The monoisotopic (exact) mass is 421 g/mol. The third kappa shape index (κ3) is 3.97. The molecule has 1 aliphatic carbocycles. The van der Waals surface area contributed by atoms with Crippen LogP contribution >= 0.6 is 0 Å². The van der Waals surface area contributed by atoms with Crippen LogP contribution in [-0.2, 0) is 21.4 Å². The molecule has 0 spiro atoms. The zero-order valence-electron chi connectivity index (χ0n) is 17.7. The van der Waals surface area contributed by atoms with Gasteiger partial charge in [0.2, 0.25) is 5.91 Å². The Kier molecular flexibility index (Phi) is 5.48. The number of imidazole rings is 1. The molecule has 5 rings (SSSR count). The molecule has 1 aromatic carbocycles. The molecule has 0 N–H and O–H groups in total. The maximum atomic E-state index is 14.0. The average Bonchev–Trinajstić information content (AvgIpc) is 3.40. The quantitative estimate of drug-likeness (QED) is 0.640. The first-order chi connectivity index (χ1) is 15.1. The number of amides is 1. The summed E-state index contributed by atoms with van der Waals surface area (Å²) in [6.45, 7) is 2.44. The Balaban J connectivity index is 1.37. The Bertz CT molecular complexity index is 1070. The van der Waals surface area contributed by atoms with Crippen molar-refractivity contribution >= 4 is 11.6 Å². The molecule has 1 atom stereocenters. The highest BCUT2D eigenvalue weighted by molar-refractivity contribution is 5.88. The fourth-order valence-corrected chi connectivity index (χ4v) is 5.30. The molecular weight excluding hydrogens is 393 g/mol. The van der Waals surface area contributed by atoms with Crippen LogP contribution in [0.1, 0.15) is 36.8 Å². The Hall–Kier alpha value is -2.73. The van der Waals surface area contributed by atoms with E-state index in [0.29, 0.717) is 26.3 Å². The van der Waals surface area contributed by atoms with Gasteiger partial charge in [-0.2, -0.15) is 0 Å². The maximum Gasteiger partial charge on any atom is 0.233 e. The fourth-order valence-electron chi connectivity index (χ4n) is 5.30. The van der Waals surface area contributed by atoms with E-state index in [1.54, 1.807) is 18.3 Å². The van der Waals surface area contributed by atoms with Gasteiger partial charge in [0.25, 0.3) is 0 Å². The minimum absolute atomic E-state index is 0.135. The second-order valence-electron chi connectivity index (χ2n) is 8.93. The van der Waals surface area contributed by atoms with E-state index in [-0.39, 0.29) is 17.6 Å². The number of hydrogen-bond acceptors (Lipinski definition) is 3. The van der Waals surface area contributed by atoms with Gasteiger partial charge in [0.15, 0.2) is 0 Å². The van der Waals surface area contributed by atoms with Gasteiger partial charge in [-0.25, -0.2) is 9.37 Å². The number of fused-ring (bicyclic) bond motifs is 1. The number of benzene rings is 1. The molecule has 2 aliphatic rings. The zero-order valence-corrected chi connectivity index (χ0v) is 17.7. The first-order valence-corrected chi connectivity index (χ1v) is 11.2. The van der Waals surface area contributed by atoms with E-state index in [2.05, 4.69) is 17.2 Å². The Morgan fingerprint density at radius 1 is 1.23 bits per heavy atom. The predicted octanol–water partition coefficient (Wildman–Crippen LogP) is 4.00. The van der Waals surface area contributed by atoms with E-state index in [9.17, 15) is 9.18 Å². The van der Waals surface area contributed by atoms with E-state index < -0.39 is 5.41 Å². The summed E-state index contributed by atoms with van der Waals surface area (Å²) in [5.74, 6) is 0.0816. The van der Waals surface area contributed by atoms with Crippen molar-refractivity contribution in [1.29, 1.82) is 0 Å². The minimum Gasteiger partial charge on any atom is -0.379 e. The van der Waals surface area contributed by atoms with Crippen molar-refractivity contribution in [2.45, 2.75) is 37.5 Å². The number of ether oxygens (including phenoxy) is 1. The minimum atomic E-state index is -0.604. The summed E-state index contributed by atoms with van der Waals surface area (Å²) in [5.41, 5.74) is 2.35. The van der Waals surface area contributed by atoms with Gasteiger partial charge in [0.1, 0.15) is 11.5 Å². The molecule has 0 radical (unpaired) electrons. The van der Waals surface area contributed by atoms with Crippen molar-refractivity contribution in [1.82, 2.24) is 14.3 Å². The number of nitrogens with zero attached hydrogens (tertiary/aromatic N) is 3. The number of aromatic nitrogens is 2. The van der Waals surface area contributed by atoms with Crippen LogP contribution in [0.25, 0.3) is 5.65 Å². The maximum absolute atomic E-state index is 14.0. The molecule has 5 nitrogen and oxygen atoms in total. The Morgan fingerprint density at radius 2 is 2.10 bits per heavy atom. The number of hydrogen-bond donors (Lipinski definition) is 0. The zero-order chi connectivity index (χ0) is 21.3. The lowest BCUT2D eigenvalue weighted by atomic mass is 9.77. The third-order valence-electron chi connectivity index (χ3n) is 6.84. The van der Waals surface area contributed by atoms with Gasteiger partial charge < -0.3 is 14.0 Å². The lowest BCUT2D eigenvalue weighted by molar-refractivity contribution is -0.137. The van der Waals surface area contributed by atoms with E-state index in [0.717, 1.165) is 43.3 Å². The highest BCUT2D eigenvalue weighted by atomic mass is 19.1. The van der Waals surface area contributed by atoms with Crippen molar-refractivity contribution in [3.05, 3.63) is 71.9 Å². The van der Waals surface area contributed by atoms with Gasteiger partial charge in [-0.15, -0.1) is 0 Å². The van der Waals surface area contributed by atoms with Gasteiger partial charge >= 0.3 is 0 Å². The molecule has 3 heterocycles. The summed E-state index contributed by atoms with van der Waals surface area (Å²) in [6.07, 6.45) is 10.3. The van der Waals surface area contributed by atoms with Crippen LogP contribution in [-0.4, -0.2) is 46.5 Å². The van der Waals surface area contributed by atoms with Crippen LogP contribution < -0.4 is 0 Å².